The van der Waals surface area contributed by atoms with Gasteiger partial charge < -0.3 is 20.1 Å². The highest BCUT2D eigenvalue weighted by Crippen LogP contribution is 2.31. The predicted octanol–water partition coefficient (Wildman–Crippen LogP) is 2.23. The van der Waals surface area contributed by atoms with E-state index in [1.165, 1.54) is 4.90 Å². The van der Waals surface area contributed by atoms with Crippen molar-refractivity contribution in [2.75, 3.05) is 13.2 Å². The number of amides is 2. The largest absolute Gasteiger partial charge is 0.480 e. The van der Waals surface area contributed by atoms with Crippen molar-refractivity contribution in [3.8, 4) is 0 Å². The van der Waals surface area contributed by atoms with Crippen LogP contribution >= 0.6 is 0 Å². The Hall–Kier alpha value is -1.30. The van der Waals surface area contributed by atoms with E-state index in [0.29, 0.717) is 6.61 Å². The van der Waals surface area contributed by atoms with Crippen LogP contribution in [0.4, 0.5) is 4.79 Å². The molecule has 1 atom stereocenters. The minimum absolute atomic E-state index is 0.0428. The van der Waals surface area contributed by atoms with Gasteiger partial charge in [0.1, 0.15) is 6.54 Å². The fourth-order valence-electron chi connectivity index (χ4n) is 2.79. The van der Waals surface area contributed by atoms with Crippen LogP contribution in [0.1, 0.15) is 53.4 Å². The number of carbonyl (C=O) groups is 2. The average Bonchev–Trinajstić information content (AvgIpc) is 2.44. The van der Waals surface area contributed by atoms with Gasteiger partial charge in [-0.2, -0.15) is 0 Å². The van der Waals surface area contributed by atoms with E-state index >= 15 is 0 Å². The zero-order valence-corrected chi connectivity index (χ0v) is 13.5. The Morgan fingerprint density at radius 3 is 2.48 bits per heavy atom. The lowest BCUT2D eigenvalue weighted by molar-refractivity contribution is -0.138. The Bertz CT molecular complexity index is 367. The van der Waals surface area contributed by atoms with E-state index in [9.17, 15) is 9.59 Å². The second-order valence-corrected chi connectivity index (χ2v) is 5.99. The third-order valence-corrected chi connectivity index (χ3v) is 4.30. The van der Waals surface area contributed by atoms with Crippen LogP contribution in [0.2, 0.25) is 0 Å². The summed E-state index contributed by atoms with van der Waals surface area (Å²) in [5, 5.41) is 11.9. The summed E-state index contributed by atoms with van der Waals surface area (Å²) in [7, 11) is 0. The van der Waals surface area contributed by atoms with Crippen LogP contribution in [0.15, 0.2) is 0 Å². The molecule has 0 aliphatic carbocycles. The number of hydrogen-bond donors (Lipinski definition) is 2. The molecule has 0 spiro atoms. The van der Waals surface area contributed by atoms with Crippen LogP contribution in [0.3, 0.4) is 0 Å². The molecule has 1 heterocycles. The van der Waals surface area contributed by atoms with Gasteiger partial charge in [-0.1, -0.05) is 13.8 Å². The molecule has 0 radical (unpaired) electrons. The second kappa shape index (κ2) is 7.64. The number of rotatable bonds is 6. The van der Waals surface area contributed by atoms with Crippen molar-refractivity contribution in [3.63, 3.8) is 0 Å². The molecular formula is C15H28N2O4. The topological polar surface area (TPSA) is 78.9 Å². The highest BCUT2D eigenvalue weighted by molar-refractivity contribution is 5.80. The SMILES string of the molecule is CCC1(CC)CC(NC(=O)N(CC(=O)O)C(C)C)CCO1. The first-order valence-electron chi connectivity index (χ1n) is 7.76. The summed E-state index contributed by atoms with van der Waals surface area (Å²) in [6.45, 7) is 8.17. The Morgan fingerprint density at radius 2 is 2.00 bits per heavy atom. The molecule has 0 aromatic carbocycles. The van der Waals surface area contributed by atoms with Crippen molar-refractivity contribution in [3.05, 3.63) is 0 Å². The standard InChI is InChI=1S/C15H28N2O4/c1-5-15(6-2)9-12(7-8-21-15)16-14(20)17(11(3)4)10-13(18)19/h11-12H,5-10H2,1-4H3,(H,16,20)(H,18,19). The smallest absolute Gasteiger partial charge is 0.323 e. The van der Waals surface area contributed by atoms with E-state index < -0.39 is 5.97 Å². The number of hydrogen-bond acceptors (Lipinski definition) is 3. The molecule has 6 heteroatoms. The molecule has 1 rings (SSSR count). The van der Waals surface area contributed by atoms with Crippen molar-refractivity contribution in [2.45, 2.75) is 71.1 Å². The molecule has 2 amide bonds. The maximum absolute atomic E-state index is 12.3. The van der Waals surface area contributed by atoms with Gasteiger partial charge in [-0.05, 0) is 39.5 Å². The Kier molecular flexibility index (Phi) is 6.45. The lowest BCUT2D eigenvalue weighted by atomic mass is 9.86. The molecule has 1 aliphatic heterocycles. The molecular weight excluding hydrogens is 272 g/mol. The average molecular weight is 300 g/mol. The number of nitrogens with one attached hydrogen (secondary N) is 1. The van der Waals surface area contributed by atoms with E-state index in [1.54, 1.807) is 0 Å². The summed E-state index contributed by atoms with van der Waals surface area (Å²) in [6.07, 6.45) is 3.38. The molecule has 1 unspecified atom stereocenters. The third-order valence-electron chi connectivity index (χ3n) is 4.30. The van der Waals surface area contributed by atoms with Gasteiger partial charge in [0, 0.05) is 18.7 Å². The summed E-state index contributed by atoms with van der Waals surface area (Å²) in [5.41, 5.74) is -0.161. The molecule has 0 aromatic rings. The molecule has 0 bridgehead atoms. The van der Waals surface area contributed by atoms with Crippen molar-refractivity contribution < 1.29 is 19.4 Å². The summed E-state index contributed by atoms with van der Waals surface area (Å²) < 4.78 is 5.89. The van der Waals surface area contributed by atoms with Gasteiger partial charge in [0.15, 0.2) is 0 Å². The molecule has 1 fully saturated rings. The Morgan fingerprint density at radius 1 is 1.38 bits per heavy atom. The highest BCUT2D eigenvalue weighted by atomic mass is 16.5. The van der Waals surface area contributed by atoms with Crippen molar-refractivity contribution in [1.82, 2.24) is 10.2 Å². The van der Waals surface area contributed by atoms with Crippen LogP contribution in [0.25, 0.3) is 0 Å². The van der Waals surface area contributed by atoms with Gasteiger partial charge in [-0.3, -0.25) is 4.79 Å². The maximum atomic E-state index is 12.3. The number of carboxylic acids is 1. The summed E-state index contributed by atoms with van der Waals surface area (Å²) in [4.78, 5) is 24.5. The van der Waals surface area contributed by atoms with Crippen LogP contribution in [0, 0.1) is 0 Å². The number of nitrogens with zero attached hydrogens (tertiary/aromatic N) is 1. The van der Waals surface area contributed by atoms with E-state index in [0.717, 1.165) is 25.7 Å². The lowest BCUT2D eigenvalue weighted by Crippen LogP contribution is -2.53. The highest BCUT2D eigenvalue weighted by Gasteiger charge is 2.35. The quantitative estimate of drug-likeness (QED) is 0.788. The lowest BCUT2D eigenvalue weighted by Gasteiger charge is -2.41. The molecule has 1 saturated heterocycles. The molecule has 122 valence electrons. The summed E-state index contributed by atoms with van der Waals surface area (Å²) in [6, 6.07) is -0.412. The van der Waals surface area contributed by atoms with Gasteiger partial charge in [0.05, 0.1) is 5.60 Å². The minimum Gasteiger partial charge on any atom is -0.480 e. The second-order valence-electron chi connectivity index (χ2n) is 5.99. The van der Waals surface area contributed by atoms with Crippen LogP contribution < -0.4 is 5.32 Å². The number of carbonyl (C=O) groups excluding carboxylic acids is 1. The Labute approximate surface area is 126 Å². The van der Waals surface area contributed by atoms with Crippen LogP contribution in [-0.2, 0) is 9.53 Å². The molecule has 0 saturated carbocycles. The first-order valence-corrected chi connectivity index (χ1v) is 7.76. The predicted molar refractivity (Wildman–Crippen MR) is 80.3 cm³/mol. The van der Waals surface area contributed by atoms with E-state index in [2.05, 4.69) is 19.2 Å². The van der Waals surface area contributed by atoms with Gasteiger partial charge in [-0.25, -0.2) is 4.79 Å². The maximum Gasteiger partial charge on any atom is 0.323 e. The van der Waals surface area contributed by atoms with Crippen molar-refractivity contribution >= 4 is 12.0 Å². The third kappa shape index (κ3) is 4.88. The van der Waals surface area contributed by atoms with Crippen LogP contribution in [-0.4, -0.2) is 52.8 Å². The number of carboxylic acid groups (broad SMARTS) is 1. The van der Waals surface area contributed by atoms with E-state index in [4.69, 9.17) is 9.84 Å². The van der Waals surface area contributed by atoms with Gasteiger partial charge in [-0.15, -0.1) is 0 Å². The molecule has 2 N–H and O–H groups in total. The van der Waals surface area contributed by atoms with Gasteiger partial charge in [0.25, 0.3) is 0 Å². The number of aliphatic carboxylic acids is 1. The van der Waals surface area contributed by atoms with Crippen molar-refractivity contribution in [1.29, 1.82) is 0 Å². The number of urea groups is 1. The zero-order valence-electron chi connectivity index (χ0n) is 13.5. The fourth-order valence-corrected chi connectivity index (χ4v) is 2.79. The molecule has 0 aromatic heterocycles. The van der Waals surface area contributed by atoms with E-state index in [-0.39, 0.29) is 30.3 Å². The molecule has 6 nitrogen and oxygen atoms in total. The summed E-state index contributed by atoms with van der Waals surface area (Å²) in [5.74, 6) is -0.998. The van der Waals surface area contributed by atoms with Crippen molar-refractivity contribution in [2.24, 2.45) is 0 Å². The van der Waals surface area contributed by atoms with E-state index in [1.807, 2.05) is 13.8 Å². The first kappa shape index (κ1) is 17.8. The van der Waals surface area contributed by atoms with Gasteiger partial charge >= 0.3 is 12.0 Å². The minimum atomic E-state index is -0.998. The molecule has 1 aliphatic rings. The fraction of sp³-hybridized carbons (Fsp3) is 0.867. The molecule has 21 heavy (non-hydrogen) atoms. The zero-order chi connectivity index (χ0) is 16.0. The Balaban J connectivity index is 2.66. The first-order chi connectivity index (χ1) is 9.83. The summed E-state index contributed by atoms with van der Waals surface area (Å²) >= 11 is 0. The monoisotopic (exact) mass is 300 g/mol. The number of ether oxygens (including phenoxy) is 1. The van der Waals surface area contributed by atoms with Crippen LogP contribution in [0.5, 0.6) is 0 Å². The normalized spacial score (nSPS) is 21.1. The van der Waals surface area contributed by atoms with Gasteiger partial charge in [0.2, 0.25) is 0 Å².